The summed E-state index contributed by atoms with van der Waals surface area (Å²) in [4.78, 5) is 18.8. The lowest BCUT2D eigenvalue weighted by Crippen LogP contribution is -2.44. The Morgan fingerprint density at radius 2 is 2.20 bits per heavy atom. The Hall–Kier alpha value is -2.70. The van der Waals surface area contributed by atoms with Gasteiger partial charge in [-0.25, -0.2) is 4.98 Å². The lowest BCUT2D eigenvalue weighted by Gasteiger charge is -2.32. The molecule has 7 heteroatoms. The lowest BCUT2D eigenvalue weighted by atomic mass is 10.1. The third-order valence-electron chi connectivity index (χ3n) is 4.01. The number of rotatable bonds is 5. The molecule has 1 amide bonds. The van der Waals surface area contributed by atoms with Crippen molar-refractivity contribution in [1.82, 2.24) is 20.1 Å². The Balaban J connectivity index is 1.68. The molecule has 0 spiro atoms. The largest absolute Gasteiger partial charge is 0.477 e. The summed E-state index contributed by atoms with van der Waals surface area (Å²) in [5, 5.41) is 8.03. The van der Waals surface area contributed by atoms with E-state index in [9.17, 15) is 4.79 Å². The number of likely N-dealkylation sites (tertiary alicyclic amines) is 1. The maximum absolute atomic E-state index is 12.9. The van der Waals surface area contributed by atoms with Crippen molar-refractivity contribution in [2.75, 3.05) is 19.7 Å². The average molecular weight is 342 g/mol. The fraction of sp³-hybridized carbons (Fsp3) is 0.444. The van der Waals surface area contributed by atoms with Gasteiger partial charge in [0.1, 0.15) is 11.7 Å². The van der Waals surface area contributed by atoms with Crippen molar-refractivity contribution < 1.29 is 14.3 Å². The van der Waals surface area contributed by atoms with Crippen LogP contribution in [0.5, 0.6) is 11.8 Å². The van der Waals surface area contributed by atoms with Crippen LogP contribution in [0.15, 0.2) is 30.5 Å². The molecule has 2 aromatic rings. The summed E-state index contributed by atoms with van der Waals surface area (Å²) < 4.78 is 11.4. The molecule has 0 aromatic carbocycles. The number of amides is 1. The van der Waals surface area contributed by atoms with Crippen LogP contribution in [0.1, 0.15) is 35.8 Å². The van der Waals surface area contributed by atoms with E-state index in [0.717, 1.165) is 18.5 Å². The van der Waals surface area contributed by atoms with Crippen LogP contribution in [0.3, 0.4) is 0 Å². The Morgan fingerprint density at radius 1 is 1.32 bits per heavy atom. The molecule has 3 rings (SSSR count). The molecule has 1 unspecified atom stereocenters. The van der Waals surface area contributed by atoms with Gasteiger partial charge in [-0.3, -0.25) is 4.79 Å². The molecule has 1 fully saturated rings. The normalized spacial score (nSPS) is 17.2. The minimum Gasteiger partial charge on any atom is -0.477 e. The highest BCUT2D eigenvalue weighted by atomic mass is 16.5. The molecular formula is C18H22N4O3. The number of hydrogen-bond acceptors (Lipinski definition) is 6. The first-order valence-corrected chi connectivity index (χ1v) is 8.51. The Labute approximate surface area is 147 Å². The maximum Gasteiger partial charge on any atom is 0.259 e. The molecule has 2 aromatic heterocycles. The summed E-state index contributed by atoms with van der Waals surface area (Å²) >= 11 is 0. The van der Waals surface area contributed by atoms with Crippen LogP contribution < -0.4 is 9.47 Å². The number of pyridine rings is 1. The van der Waals surface area contributed by atoms with E-state index in [0.29, 0.717) is 37.0 Å². The van der Waals surface area contributed by atoms with Gasteiger partial charge < -0.3 is 14.4 Å². The summed E-state index contributed by atoms with van der Waals surface area (Å²) in [6.45, 7) is 5.42. The van der Waals surface area contributed by atoms with E-state index in [4.69, 9.17) is 9.47 Å². The van der Waals surface area contributed by atoms with Crippen molar-refractivity contribution in [3.8, 4) is 11.8 Å². The van der Waals surface area contributed by atoms with Crippen molar-refractivity contribution in [3.05, 3.63) is 41.7 Å². The average Bonchev–Trinajstić information content (AvgIpc) is 2.64. The Kier molecular flexibility index (Phi) is 5.42. The zero-order valence-electron chi connectivity index (χ0n) is 14.5. The number of ether oxygens (including phenoxy) is 2. The molecule has 0 aliphatic carbocycles. The van der Waals surface area contributed by atoms with Gasteiger partial charge in [0.2, 0.25) is 11.8 Å². The van der Waals surface area contributed by atoms with Gasteiger partial charge in [-0.2, -0.15) is 5.10 Å². The van der Waals surface area contributed by atoms with Crippen LogP contribution in [0, 0.1) is 6.92 Å². The Morgan fingerprint density at radius 3 is 2.96 bits per heavy atom. The second kappa shape index (κ2) is 7.92. The summed E-state index contributed by atoms with van der Waals surface area (Å²) in [7, 11) is 0. The minimum absolute atomic E-state index is 0.0835. The minimum atomic E-state index is -0.0954. The van der Waals surface area contributed by atoms with E-state index in [-0.39, 0.29) is 12.0 Å². The van der Waals surface area contributed by atoms with Crippen LogP contribution in [0.4, 0.5) is 0 Å². The predicted octanol–water partition coefficient (Wildman–Crippen LogP) is 2.26. The maximum atomic E-state index is 12.9. The van der Waals surface area contributed by atoms with E-state index in [2.05, 4.69) is 15.2 Å². The fourth-order valence-corrected chi connectivity index (χ4v) is 2.81. The number of aryl methyl sites for hydroxylation is 1. The number of carbonyl (C=O) groups excluding carboxylic acids is 1. The number of carbonyl (C=O) groups is 1. The van der Waals surface area contributed by atoms with Crippen molar-refractivity contribution in [3.63, 3.8) is 0 Å². The molecule has 1 atom stereocenters. The molecule has 3 heterocycles. The molecule has 25 heavy (non-hydrogen) atoms. The smallest absolute Gasteiger partial charge is 0.259 e. The van der Waals surface area contributed by atoms with Crippen LogP contribution in [-0.4, -0.2) is 51.8 Å². The van der Waals surface area contributed by atoms with Gasteiger partial charge in [-0.1, -0.05) is 0 Å². The zero-order chi connectivity index (χ0) is 17.6. The van der Waals surface area contributed by atoms with E-state index in [1.165, 1.54) is 0 Å². The molecule has 1 aliphatic heterocycles. The first-order valence-electron chi connectivity index (χ1n) is 8.51. The van der Waals surface area contributed by atoms with Gasteiger partial charge in [0, 0.05) is 18.8 Å². The highest BCUT2D eigenvalue weighted by Crippen LogP contribution is 2.21. The molecule has 1 saturated heterocycles. The molecular weight excluding hydrogens is 320 g/mol. The second-order valence-corrected chi connectivity index (χ2v) is 5.94. The monoisotopic (exact) mass is 342 g/mol. The van der Waals surface area contributed by atoms with Crippen LogP contribution in [-0.2, 0) is 0 Å². The number of nitrogens with zero attached hydrogens (tertiary/aromatic N) is 4. The van der Waals surface area contributed by atoms with E-state index in [1.807, 2.05) is 19.9 Å². The topological polar surface area (TPSA) is 77.4 Å². The lowest BCUT2D eigenvalue weighted by molar-refractivity contribution is 0.0521. The summed E-state index contributed by atoms with van der Waals surface area (Å²) in [6, 6.07) is 7.15. The second-order valence-electron chi connectivity index (χ2n) is 5.94. The fourth-order valence-electron chi connectivity index (χ4n) is 2.81. The molecule has 1 aliphatic rings. The number of hydrogen-bond donors (Lipinski definition) is 0. The van der Waals surface area contributed by atoms with Crippen molar-refractivity contribution in [2.24, 2.45) is 0 Å². The van der Waals surface area contributed by atoms with Crippen molar-refractivity contribution in [2.45, 2.75) is 32.8 Å². The summed E-state index contributed by atoms with van der Waals surface area (Å²) in [5.41, 5.74) is 1.33. The van der Waals surface area contributed by atoms with E-state index >= 15 is 0 Å². The van der Waals surface area contributed by atoms with Gasteiger partial charge in [-0.05, 0) is 44.9 Å². The van der Waals surface area contributed by atoms with Crippen LogP contribution >= 0.6 is 0 Å². The number of aromatic nitrogens is 3. The third-order valence-corrected chi connectivity index (χ3v) is 4.01. The van der Waals surface area contributed by atoms with E-state index in [1.54, 1.807) is 29.3 Å². The summed E-state index contributed by atoms with van der Waals surface area (Å²) in [6.07, 6.45) is 3.28. The van der Waals surface area contributed by atoms with Crippen molar-refractivity contribution >= 4 is 5.91 Å². The SMILES string of the molecule is CCOc1ncccc1C(=O)N1CCCC(Oc2ccc(C)nn2)C1. The van der Waals surface area contributed by atoms with E-state index < -0.39 is 0 Å². The molecule has 0 saturated carbocycles. The highest BCUT2D eigenvalue weighted by Gasteiger charge is 2.28. The van der Waals surface area contributed by atoms with Crippen molar-refractivity contribution in [1.29, 1.82) is 0 Å². The van der Waals surface area contributed by atoms with Gasteiger partial charge >= 0.3 is 0 Å². The molecule has 0 bridgehead atoms. The Bertz CT molecular complexity index is 721. The quantitative estimate of drug-likeness (QED) is 0.829. The zero-order valence-corrected chi connectivity index (χ0v) is 14.5. The predicted molar refractivity (Wildman–Crippen MR) is 91.7 cm³/mol. The van der Waals surface area contributed by atoms with Gasteiger partial charge in [-0.15, -0.1) is 5.10 Å². The van der Waals surface area contributed by atoms with Gasteiger partial charge in [0.15, 0.2) is 0 Å². The molecule has 7 nitrogen and oxygen atoms in total. The number of piperidine rings is 1. The molecule has 132 valence electrons. The van der Waals surface area contributed by atoms with Gasteiger partial charge in [0.25, 0.3) is 5.91 Å². The third kappa shape index (κ3) is 4.23. The standard InChI is InChI=1S/C18H22N4O3/c1-3-24-17-15(7-4-10-19-17)18(23)22-11-5-6-14(12-22)25-16-9-8-13(2)20-21-16/h4,7-10,14H,3,5-6,11-12H2,1-2H3. The summed E-state index contributed by atoms with van der Waals surface area (Å²) in [5.74, 6) is 0.781. The van der Waals surface area contributed by atoms with Crippen LogP contribution in [0.25, 0.3) is 0 Å². The van der Waals surface area contributed by atoms with Gasteiger partial charge in [0.05, 0.1) is 18.8 Å². The molecule has 0 N–H and O–H groups in total. The highest BCUT2D eigenvalue weighted by molar-refractivity contribution is 5.96. The molecule has 0 radical (unpaired) electrons. The van der Waals surface area contributed by atoms with Crippen LogP contribution in [0.2, 0.25) is 0 Å². The first kappa shape index (κ1) is 17.1. The first-order chi connectivity index (χ1) is 12.2.